The molecule has 5 heteroatoms. The van der Waals surface area contributed by atoms with E-state index in [1.807, 2.05) is 6.92 Å². The standard InChI is InChI=1S/C16H26BrN3O/c1-4-18-16(19-9-6-10-21-5-2)20-12-14-7-8-15(17)11-13(14)3/h7-8,11H,4-6,9-10,12H2,1-3H3,(H2,18,19,20). The van der Waals surface area contributed by atoms with Crippen molar-refractivity contribution in [1.82, 2.24) is 10.6 Å². The largest absolute Gasteiger partial charge is 0.382 e. The Balaban J connectivity index is 2.50. The summed E-state index contributed by atoms with van der Waals surface area (Å²) >= 11 is 3.48. The first-order valence-electron chi connectivity index (χ1n) is 7.52. The highest BCUT2D eigenvalue weighted by molar-refractivity contribution is 9.10. The lowest BCUT2D eigenvalue weighted by atomic mass is 10.1. The molecule has 0 fully saturated rings. The Bertz CT molecular complexity index is 449. The van der Waals surface area contributed by atoms with Crippen LogP contribution >= 0.6 is 15.9 Å². The lowest BCUT2D eigenvalue weighted by molar-refractivity contribution is 0.145. The second-order valence-electron chi connectivity index (χ2n) is 4.74. The van der Waals surface area contributed by atoms with Crippen LogP contribution in [0.4, 0.5) is 0 Å². The number of hydrogen-bond donors (Lipinski definition) is 2. The Kier molecular flexibility index (Phi) is 9.10. The van der Waals surface area contributed by atoms with Gasteiger partial charge in [-0.25, -0.2) is 4.99 Å². The number of nitrogens with one attached hydrogen (secondary N) is 2. The summed E-state index contributed by atoms with van der Waals surface area (Å²) in [6.45, 7) is 10.2. The van der Waals surface area contributed by atoms with Crippen molar-refractivity contribution >= 4 is 21.9 Å². The van der Waals surface area contributed by atoms with E-state index < -0.39 is 0 Å². The molecule has 2 N–H and O–H groups in total. The van der Waals surface area contributed by atoms with Crippen molar-refractivity contribution in [2.45, 2.75) is 33.7 Å². The molecule has 1 aromatic rings. The van der Waals surface area contributed by atoms with E-state index in [1.54, 1.807) is 0 Å². The molecule has 0 aliphatic rings. The zero-order valence-electron chi connectivity index (χ0n) is 13.2. The molecule has 0 unspecified atom stereocenters. The molecular formula is C16H26BrN3O. The molecule has 0 radical (unpaired) electrons. The first-order valence-corrected chi connectivity index (χ1v) is 8.31. The second-order valence-corrected chi connectivity index (χ2v) is 5.66. The van der Waals surface area contributed by atoms with E-state index in [0.717, 1.165) is 43.2 Å². The number of aryl methyl sites for hydroxylation is 1. The van der Waals surface area contributed by atoms with Crippen LogP contribution in [-0.4, -0.2) is 32.3 Å². The van der Waals surface area contributed by atoms with Crippen molar-refractivity contribution in [3.8, 4) is 0 Å². The smallest absolute Gasteiger partial charge is 0.191 e. The van der Waals surface area contributed by atoms with Crippen molar-refractivity contribution in [2.75, 3.05) is 26.3 Å². The van der Waals surface area contributed by atoms with Gasteiger partial charge in [0.1, 0.15) is 0 Å². The first kappa shape index (κ1) is 18.0. The van der Waals surface area contributed by atoms with Gasteiger partial charge >= 0.3 is 0 Å². The Morgan fingerprint density at radius 3 is 2.76 bits per heavy atom. The van der Waals surface area contributed by atoms with Crippen molar-refractivity contribution in [1.29, 1.82) is 0 Å². The van der Waals surface area contributed by atoms with Crippen LogP contribution in [0.1, 0.15) is 31.4 Å². The summed E-state index contributed by atoms with van der Waals surface area (Å²) < 4.78 is 6.43. The number of hydrogen-bond acceptors (Lipinski definition) is 2. The molecule has 118 valence electrons. The minimum atomic E-state index is 0.680. The molecule has 21 heavy (non-hydrogen) atoms. The van der Waals surface area contributed by atoms with E-state index in [2.05, 4.69) is 63.6 Å². The minimum Gasteiger partial charge on any atom is -0.382 e. The van der Waals surface area contributed by atoms with E-state index in [-0.39, 0.29) is 0 Å². The number of ether oxygens (including phenoxy) is 1. The zero-order valence-corrected chi connectivity index (χ0v) is 14.8. The molecule has 0 saturated carbocycles. The first-order chi connectivity index (χ1) is 10.2. The third kappa shape index (κ3) is 7.48. The fourth-order valence-electron chi connectivity index (χ4n) is 1.87. The van der Waals surface area contributed by atoms with Crippen LogP contribution in [0.3, 0.4) is 0 Å². The summed E-state index contributed by atoms with van der Waals surface area (Å²) in [7, 11) is 0. The van der Waals surface area contributed by atoms with Gasteiger partial charge in [0.15, 0.2) is 5.96 Å². The molecule has 0 atom stereocenters. The fraction of sp³-hybridized carbons (Fsp3) is 0.562. The predicted octanol–water partition coefficient (Wildman–Crippen LogP) is 3.24. The maximum Gasteiger partial charge on any atom is 0.191 e. The second kappa shape index (κ2) is 10.6. The highest BCUT2D eigenvalue weighted by atomic mass is 79.9. The summed E-state index contributed by atoms with van der Waals surface area (Å²) in [4.78, 5) is 4.63. The number of aliphatic imine (C=N–C) groups is 1. The van der Waals surface area contributed by atoms with E-state index in [1.165, 1.54) is 11.1 Å². The van der Waals surface area contributed by atoms with E-state index in [9.17, 15) is 0 Å². The lowest BCUT2D eigenvalue weighted by Crippen LogP contribution is -2.38. The zero-order chi connectivity index (χ0) is 15.5. The van der Waals surface area contributed by atoms with Gasteiger partial charge in [-0.05, 0) is 50.5 Å². The average molecular weight is 356 g/mol. The molecule has 0 aromatic heterocycles. The maximum absolute atomic E-state index is 5.33. The van der Waals surface area contributed by atoms with Crippen molar-refractivity contribution < 1.29 is 4.74 Å². The van der Waals surface area contributed by atoms with Crippen molar-refractivity contribution in [2.24, 2.45) is 4.99 Å². The van der Waals surface area contributed by atoms with Crippen LogP contribution in [0.15, 0.2) is 27.7 Å². The van der Waals surface area contributed by atoms with Crippen molar-refractivity contribution in [3.05, 3.63) is 33.8 Å². The van der Waals surface area contributed by atoms with E-state index in [4.69, 9.17) is 4.74 Å². The van der Waals surface area contributed by atoms with Gasteiger partial charge in [0.2, 0.25) is 0 Å². The molecule has 1 rings (SSSR count). The molecule has 4 nitrogen and oxygen atoms in total. The molecular weight excluding hydrogens is 330 g/mol. The third-order valence-electron chi connectivity index (χ3n) is 3.02. The quantitative estimate of drug-likeness (QED) is 0.427. The Labute approximate surface area is 136 Å². The average Bonchev–Trinajstić information content (AvgIpc) is 2.46. The Morgan fingerprint density at radius 2 is 2.10 bits per heavy atom. The van der Waals surface area contributed by atoms with Crippen LogP contribution < -0.4 is 10.6 Å². The predicted molar refractivity (Wildman–Crippen MR) is 92.8 cm³/mol. The van der Waals surface area contributed by atoms with Crippen LogP contribution in [-0.2, 0) is 11.3 Å². The molecule has 0 aliphatic heterocycles. The fourth-order valence-corrected chi connectivity index (χ4v) is 2.34. The monoisotopic (exact) mass is 355 g/mol. The van der Waals surface area contributed by atoms with Gasteiger partial charge in [0.25, 0.3) is 0 Å². The van der Waals surface area contributed by atoms with Gasteiger partial charge < -0.3 is 15.4 Å². The maximum atomic E-state index is 5.33. The highest BCUT2D eigenvalue weighted by Crippen LogP contribution is 2.16. The number of halogens is 1. The summed E-state index contributed by atoms with van der Waals surface area (Å²) in [5.74, 6) is 0.858. The van der Waals surface area contributed by atoms with Crippen LogP contribution in [0, 0.1) is 6.92 Å². The van der Waals surface area contributed by atoms with Gasteiger partial charge in [-0.15, -0.1) is 0 Å². The molecule has 0 spiro atoms. The summed E-state index contributed by atoms with van der Waals surface area (Å²) in [6, 6.07) is 6.29. The van der Waals surface area contributed by atoms with Crippen LogP contribution in [0.2, 0.25) is 0 Å². The summed E-state index contributed by atoms with van der Waals surface area (Å²) in [5, 5.41) is 6.59. The topological polar surface area (TPSA) is 45.7 Å². The van der Waals surface area contributed by atoms with Gasteiger partial charge in [-0.2, -0.15) is 0 Å². The number of guanidine groups is 1. The van der Waals surface area contributed by atoms with E-state index in [0.29, 0.717) is 6.54 Å². The molecule has 0 bridgehead atoms. The SMILES string of the molecule is CCNC(=NCc1ccc(Br)cc1C)NCCCOCC. The lowest BCUT2D eigenvalue weighted by Gasteiger charge is -2.12. The van der Waals surface area contributed by atoms with Gasteiger partial charge in [-0.3, -0.25) is 0 Å². The molecule has 0 saturated heterocycles. The highest BCUT2D eigenvalue weighted by Gasteiger charge is 2.00. The van der Waals surface area contributed by atoms with Gasteiger partial charge in [0, 0.05) is 30.8 Å². The van der Waals surface area contributed by atoms with Crippen molar-refractivity contribution in [3.63, 3.8) is 0 Å². The van der Waals surface area contributed by atoms with Crippen LogP contribution in [0.25, 0.3) is 0 Å². The number of benzene rings is 1. The number of rotatable bonds is 8. The van der Waals surface area contributed by atoms with Gasteiger partial charge in [-0.1, -0.05) is 22.0 Å². The normalized spacial score (nSPS) is 11.5. The van der Waals surface area contributed by atoms with E-state index >= 15 is 0 Å². The molecule has 0 amide bonds. The Morgan fingerprint density at radius 1 is 1.29 bits per heavy atom. The molecule has 1 aromatic carbocycles. The van der Waals surface area contributed by atoms with Gasteiger partial charge in [0.05, 0.1) is 6.54 Å². The summed E-state index contributed by atoms with van der Waals surface area (Å²) in [6.07, 6.45) is 0.982. The number of nitrogens with zero attached hydrogens (tertiary/aromatic N) is 1. The van der Waals surface area contributed by atoms with Crippen LogP contribution in [0.5, 0.6) is 0 Å². The third-order valence-corrected chi connectivity index (χ3v) is 3.51. The Hall–Kier alpha value is -1.07. The molecule has 0 heterocycles. The minimum absolute atomic E-state index is 0.680. The summed E-state index contributed by atoms with van der Waals surface area (Å²) in [5.41, 5.74) is 2.49. The molecule has 0 aliphatic carbocycles.